The molecule has 0 bridgehead atoms. The van der Waals surface area contributed by atoms with E-state index in [2.05, 4.69) is 5.32 Å². The van der Waals surface area contributed by atoms with Crippen LogP contribution < -0.4 is 5.32 Å². The number of esters is 1. The fourth-order valence-electron chi connectivity index (χ4n) is 1.95. The van der Waals surface area contributed by atoms with Crippen molar-refractivity contribution >= 4 is 5.97 Å². The van der Waals surface area contributed by atoms with Crippen LogP contribution in [0.2, 0.25) is 0 Å². The molecule has 0 spiro atoms. The summed E-state index contributed by atoms with van der Waals surface area (Å²) in [4.78, 5) is 11.4. The normalized spacial score (nSPS) is 18.4. The Morgan fingerprint density at radius 2 is 2.00 bits per heavy atom. The maximum Gasteiger partial charge on any atom is 0.310 e. The van der Waals surface area contributed by atoms with Gasteiger partial charge in [0.1, 0.15) is 5.60 Å². The molecule has 93 valence electrons. The molecule has 1 radical (unpaired) electrons. The smallest absolute Gasteiger partial charge is 0.310 e. The molecule has 3 heteroatoms. The van der Waals surface area contributed by atoms with Crippen molar-refractivity contribution in [2.45, 2.75) is 52.1 Å². The molecular formula is C13H24NO2. The average molecular weight is 226 g/mol. The van der Waals surface area contributed by atoms with E-state index in [4.69, 9.17) is 4.74 Å². The van der Waals surface area contributed by atoms with Gasteiger partial charge < -0.3 is 10.1 Å². The SMILES string of the molecule is CC(C)(C)OC(=O)[CH]CCC1CCNCC1. The van der Waals surface area contributed by atoms with Crippen LogP contribution >= 0.6 is 0 Å². The summed E-state index contributed by atoms with van der Waals surface area (Å²) in [7, 11) is 0. The Morgan fingerprint density at radius 1 is 1.38 bits per heavy atom. The largest absolute Gasteiger partial charge is 0.460 e. The highest BCUT2D eigenvalue weighted by Gasteiger charge is 2.17. The molecule has 0 aromatic heterocycles. The first-order chi connectivity index (χ1) is 7.47. The Hall–Kier alpha value is -0.570. The first-order valence-corrected chi connectivity index (χ1v) is 6.24. The first kappa shape index (κ1) is 13.5. The molecule has 0 amide bonds. The van der Waals surface area contributed by atoms with Gasteiger partial charge in [-0.3, -0.25) is 4.79 Å². The predicted molar refractivity (Wildman–Crippen MR) is 65.0 cm³/mol. The van der Waals surface area contributed by atoms with E-state index in [1.165, 1.54) is 12.8 Å². The van der Waals surface area contributed by atoms with Crippen molar-refractivity contribution in [2.75, 3.05) is 13.1 Å². The fourth-order valence-corrected chi connectivity index (χ4v) is 1.95. The molecule has 1 N–H and O–H groups in total. The average Bonchev–Trinajstić information content (AvgIpc) is 2.16. The van der Waals surface area contributed by atoms with Gasteiger partial charge in [-0.1, -0.05) is 0 Å². The Morgan fingerprint density at radius 3 is 2.56 bits per heavy atom. The van der Waals surface area contributed by atoms with Crippen molar-refractivity contribution in [3.63, 3.8) is 0 Å². The van der Waals surface area contributed by atoms with E-state index in [0.29, 0.717) is 0 Å². The van der Waals surface area contributed by atoms with Gasteiger partial charge in [0.05, 0.1) is 6.42 Å². The maximum absolute atomic E-state index is 11.4. The molecule has 16 heavy (non-hydrogen) atoms. The van der Waals surface area contributed by atoms with Gasteiger partial charge in [0.25, 0.3) is 0 Å². The number of rotatable bonds is 4. The van der Waals surface area contributed by atoms with E-state index in [1.54, 1.807) is 6.42 Å². The summed E-state index contributed by atoms with van der Waals surface area (Å²) in [6.07, 6.45) is 6.12. The third-order valence-electron chi connectivity index (χ3n) is 2.75. The summed E-state index contributed by atoms with van der Waals surface area (Å²) in [5, 5.41) is 3.34. The minimum Gasteiger partial charge on any atom is -0.460 e. The van der Waals surface area contributed by atoms with Crippen LogP contribution in [0.4, 0.5) is 0 Å². The van der Waals surface area contributed by atoms with Crippen LogP contribution in [0.25, 0.3) is 0 Å². The van der Waals surface area contributed by atoms with Gasteiger partial charge in [0, 0.05) is 0 Å². The van der Waals surface area contributed by atoms with Crippen molar-refractivity contribution in [1.82, 2.24) is 5.32 Å². The predicted octanol–water partition coefficient (Wildman–Crippen LogP) is 2.31. The van der Waals surface area contributed by atoms with E-state index in [9.17, 15) is 4.79 Å². The van der Waals surface area contributed by atoms with E-state index < -0.39 is 0 Å². The Labute approximate surface area is 98.9 Å². The van der Waals surface area contributed by atoms with E-state index in [1.807, 2.05) is 20.8 Å². The van der Waals surface area contributed by atoms with Gasteiger partial charge >= 0.3 is 5.97 Å². The van der Waals surface area contributed by atoms with Gasteiger partial charge in [0.15, 0.2) is 0 Å². The van der Waals surface area contributed by atoms with Gasteiger partial charge in [-0.05, 0) is 65.5 Å². The molecule has 0 aromatic carbocycles. The number of hydrogen-bond acceptors (Lipinski definition) is 3. The van der Waals surface area contributed by atoms with Crippen molar-refractivity contribution in [2.24, 2.45) is 5.92 Å². The molecule has 1 rings (SSSR count). The monoisotopic (exact) mass is 226 g/mol. The van der Waals surface area contributed by atoms with Crippen LogP contribution in [0.3, 0.4) is 0 Å². The molecule has 1 saturated heterocycles. The van der Waals surface area contributed by atoms with E-state index in [-0.39, 0.29) is 11.6 Å². The second-order valence-corrected chi connectivity index (χ2v) is 5.51. The number of carbonyl (C=O) groups excluding carboxylic acids is 1. The van der Waals surface area contributed by atoms with Crippen LogP contribution in [-0.4, -0.2) is 24.7 Å². The number of ether oxygens (including phenoxy) is 1. The topological polar surface area (TPSA) is 38.3 Å². The zero-order chi connectivity index (χ0) is 12.0. The summed E-state index contributed by atoms with van der Waals surface area (Å²) in [5.41, 5.74) is -0.373. The van der Waals surface area contributed by atoms with Crippen molar-refractivity contribution in [1.29, 1.82) is 0 Å². The second kappa shape index (κ2) is 6.24. The highest BCUT2D eigenvalue weighted by molar-refractivity contribution is 5.79. The Bertz CT molecular complexity index is 214. The van der Waals surface area contributed by atoms with E-state index in [0.717, 1.165) is 31.8 Å². The second-order valence-electron chi connectivity index (χ2n) is 5.51. The third kappa shape index (κ3) is 6.11. The van der Waals surface area contributed by atoms with E-state index >= 15 is 0 Å². The van der Waals surface area contributed by atoms with Crippen LogP contribution in [-0.2, 0) is 9.53 Å². The summed E-state index contributed by atoms with van der Waals surface area (Å²) in [6.45, 7) is 7.93. The lowest BCUT2D eigenvalue weighted by Crippen LogP contribution is -2.28. The number of hydrogen-bond donors (Lipinski definition) is 1. The van der Waals surface area contributed by atoms with Crippen molar-refractivity contribution < 1.29 is 9.53 Å². The molecule has 1 fully saturated rings. The number of piperidine rings is 1. The lowest BCUT2D eigenvalue weighted by molar-refractivity contribution is -0.150. The molecule has 0 unspecified atom stereocenters. The van der Waals surface area contributed by atoms with Crippen LogP contribution in [0, 0.1) is 12.3 Å². The molecule has 0 saturated carbocycles. The quantitative estimate of drug-likeness (QED) is 0.748. The Kier molecular flexibility index (Phi) is 5.26. The fraction of sp³-hybridized carbons (Fsp3) is 0.846. The standard InChI is InChI=1S/C13H24NO2/c1-13(2,3)16-12(15)6-4-5-11-7-9-14-10-8-11/h6,11,14H,4-5,7-10H2,1-3H3. The third-order valence-corrected chi connectivity index (χ3v) is 2.75. The summed E-state index contributed by atoms with van der Waals surface area (Å²) in [6, 6.07) is 0. The minimum atomic E-state index is -0.373. The van der Waals surface area contributed by atoms with Gasteiger partial charge in [-0.2, -0.15) is 0 Å². The van der Waals surface area contributed by atoms with Crippen LogP contribution in [0.5, 0.6) is 0 Å². The molecule has 0 aromatic rings. The summed E-state index contributed by atoms with van der Waals surface area (Å²) < 4.78 is 5.22. The number of carbonyl (C=O) groups is 1. The summed E-state index contributed by atoms with van der Waals surface area (Å²) >= 11 is 0. The lowest BCUT2D eigenvalue weighted by atomic mass is 9.92. The summed E-state index contributed by atoms with van der Waals surface area (Å²) in [5.74, 6) is 0.598. The molecule has 1 heterocycles. The maximum atomic E-state index is 11.4. The zero-order valence-corrected chi connectivity index (χ0v) is 10.7. The zero-order valence-electron chi connectivity index (χ0n) is 10.7. The minimum absolute atomic E-state index is 0.179. The Balaban J connectivity index is 2.08. The number of nitrogens with one attached hydrogen (secondary N) is 1. The molecule has 0 aliphatic carbocycles. The van der Waals surface area contributed by atoms with Crippen LogP contribution in [0.1, 0.15) is 46.5 Å². The molecule has 1 aliphatic rings. The molecule has 1 aliphatic heterocycles. The van der Waals surface area contributed by atoms with Gasteiger partial charge in [-0.15, -0.1) is 0 Å². The van der Waals surface area contributed by atoms with Gasteiger partial charge in [-0.25, -0.2) is 0 Å². The van der Waals surface area contributed by atoms with Crippen LogP contribution in [0.15, 0.2) is 0 Å². The molecule has 3 nitrogen and oxygen atoms in total. The highest BCUT2D eigenvalue weighted by atomic mass is 16.6. The van der Waals surface area contributed by atoms with Gasteiger partial charge in [0.2, 0.25) is 0 Å². The van der Waals surface area contributed by atoms with Crippen molar-refractivity contribution in [3.8, 4) is 0 Å². The molecule has 0 atom stereocenters. The first-order valence-electron chi connectivity index (χ1n) is 6.24. The lowest BCUT2D eigenvalue weighted by Gasteiger charge is -2.23. The van der Waals surface area contributed by atoms with Crippen molar-refractivity contribution in [3.05, 3.63) is 6.42 Å². The highest BCUT2D eigenvalue weighted by Crippen LogP contribution is 2.19. The molecular weight excluding hydrogens is 202 g/mol.